The van der Waals surface area contributed by atoms with Crippen molar-refractivity contribution in [2.45, 2.75) is 38.1 Å². The minimum atomic E-state index is 0.139. The molecule has 0 aromatic heterocycles. The van der Waals surface area contributed by atoms with E-state index in [-0.39, 0.29) is 5.41 Å². The molecule has 19 heavy (non-hydrogen) atoms. The summed E-state index contributed by atoms with van der Waals surface area (Å²) < 4.78 is 11.2. The Morgan fingerprint density at radius 3 is 2.32 bits per heavy atom. The molecule has 1 aliphatic carbocycles. The molecule has 0 spiro atoms. The summed E-state index contributed by atoms with van der Waals surface area (Å²) in [4.78, 5) is 0. The van der Waals surface area contributed by atoms with E-state index in [2.05, 4.69) is 26.0 Å². The Morgan fingerprint density at radius 2 is 1.84 bits per heavy atom. The van der Waals surface area contributed by atoms with Crippen molar-refractivity contribution in [3.05, 3.63) is 28.8 Å². The number of ether oxygens (including phenoxy) is 2. The maximum absolute atomic E-state index is 5.97. The van der Waals surface area contributed by atoms with Crippen molar-refractivity contribution in [1.82, 2.24) is 0 Å². The van der Waals surface area contributed by atoms with Gasteiger partial charge in [0.15, 0.2) is 0 Å². The van der Waals surface area contributed by atoms with Gasteiger partial charge < -0.3 is 15.2 Å². The number of hydrogen-bond acceptors (Lipinski definition) is 3. The zero-order valence-electron chi connectivity index (χ0n) is 12.0. The Morgan fingerprint density at radius 1 is 1.21 bits per heavy atom. The monoisotopic (exact) mass is 261 g/mol. The average Bonchev–Trinajstić information content (AvgIpc) is 2.29. The number of rotatable bonds is 3. The molecule has 3 nitrogen and oxygen atoms in total. The molecule has 2 aliphatic rings. The third-order valence-corrected chi connectivity index (χ3v) is 5.03. The van der Waals surface area contributed by atoms with Crippen molar-refractivity contribution in [3.63, 3.8) is 0 Å². The van der Waals surface area contributed by atoms with Gasteiger partial charge in [0, 0.05) is 17.0 Å². The topological polar surface area (TPSA) is 44.5 Å². The summed E-state index contributed by atoms with van der Waals surface area (Å²) in [5, 5.41) is 0. The molecule has 104 valence electrons. The largest absolute Gasteiger partial charge is 0.496 e. The molecule has 2 N–H and O–H groups in total. The third kappa shape index (κ3) is 1.87. The van der Waals surface area contributed by atoms with E-state index in [1.165, 1.54) is 16.7 Å². The third-order valence-electron chi connectivity index (χ3n) is 5.03. The highest BCUT2D eigenvalue weighted by Gasteiger charge is 2.52. The standard InChI is InChI=1S/C16H23NO2/c1-10-4-14(15(18-3)5-11(10)2)16(8-19-9-16)12-6-13(17)7-12/h4-5,12-13H,6-9,17H2,1-3H3. The fourth-order valence-corrected chi connectivity index (χ4v) is 3.39. The molecule has 3 heteroatoms. The molecular weight excluding hydrogens is 238 g/mol. The van der Waals surface area contributed by atoms with E-state index in [4.69, 9.17) is 15.2 Å². The highest BCUT2D eigenvalue weighted by Crippen LogP contribution is 2.51. The van der Waals surface area contributed by atoms with Gasteiger partial charge >= 0.3 is 0 Å². The van der Waals surface area contributed by atoms with Crippen LogP contribution < -0.4 is 10.5 Å². The Labute approximate surface area is 115 Å². The zero-order chi connectivity index (χ0) is 13.6. The lowest BCUT2D eigenvalue weighted by Gasteiger charge is -2.53. The summed E-state index contributed by atoms with van der Waals surface area (Å²) in [6.45, 7) is 5.91. The Bertz CT molecular complexity index is 488. The molecule has 1 aromatic rings. The van der Waals surface area contributed by atoms with Crippen LogP contribution in [0.25, 0.3) is 0 Å². The van der Waals surface area contributed by atoms with E-state index in [1.807, 2.05) is 0 Å². The van der Waals surface area contributed by atoms with Gasteiger partial charge in [-0.2, -0.15) is 0 Å². The van der Waals surface area contributed by atoms with Gasteiger partial charge in [0.1, 0.15) is 5.75 Å². The van der Waals surface area contributed by atoms with E-state index in [1.54, 1.807) is 7.11 Å². The molecule has 2 fully saturated rings. The Hall–Kier alpha value is -1.06. The van der Waals surface area contributed by atoms with Crippen LogP contribution >= 0.6 is 0 Å². The Balaban J connectivity index is 2.01. The minimum absolute atomic E-state index is 0.139. The smallest absolute Gasteiger partial charge is 0.123 e. The van der Waals surface area contributed by atoms with E-state index in [0.29, 0.717) is 12.0 Å². The van der Waals surface area contributed by atoms with Crippen molar-refractivity contribution < 1.29 is 9.47 Å². The first-order chi connectivity index (χ1) is 9.06. The quantitative estimate of drug-likeness (QED) is 0.908. The van der Waals surface area contributed by atoms with Crippen LogP contribution in [0.2, 0.25) is 0 Å². The lowest BCUT2D eigenvalue weighted by atomic mass is 9.59. The summed E-state index contributed by atoms with van der Waals surface area (Å²) in [6, 6.07) is 4.82. The van der Waals surface area contributed by atoms with E-state index in [0.717, 1.165) is 31.8 Å². The van der Waals surface area contributed by atoms with Crippen molar-refractivity contribution >= 4 is 0 Å². The minimum Gasteiger partial charge on any atom is -0.496 e. The summed E-state index contributed by atoms with van der Waals surface area (Å²) in [5.74, 6) is 1.65. The van der Waals surface area contributed by atoms with Gasteiger partial charge in [0.05, 0.1) is 20.3 Å². The molecule has 1 aliphatic heterocycles. The fourth-order valence-electron chi connectivity index (χ4n) is 3.39. The molecular formula is C16H23NO2. The molecule has 1 saturated heterocycles. The van der Waals surface area contributed by atoms with E-state index >= 15 is 0 Å². The molecule has 0 unspecified atom stereocenters. The van der Waals surface area contributed by atoms with Crippen LogP contribution in [0.5, 0.6) is 5.75 Å². The number of nitrogens with two attached hydrogens (primary N) is 1. The van der Waals surface area contributed by atoms with Crippen LogP contribution in [0.4, 0.5) is 0 Å². The van der Waals surface area contributed by atoms with Crippen LogP contribution in [0.15, 0.2) is 12.1 Å². The van der Waals surface area contributed by atoms with Crippen LogP contribution in [-0.2, 0) is 10.2 Å². The van der Waals surface area contributed by atoms with Gasteiger partial charge in [-0.15, -0.1) is 0 Å². The maximum atomic E-state index is 5.97. The summed E-state index contributed by atoms with van der Waals surface area (Å²) in [5.41, 5.74) is 10.0. The Kier molecular flexibility index (Phi) is 3.06. The number of hydrogen-bond donors (Lipinski definition) is 1. The average molecular weight is 261 g/mol. The van der Waals surface area contributed by atoms with Crippen molar-refractivity contribution in [3.8, 4) is 5.75 Å². The normalized spacial score (nSPS) is 28.4. The number of benzene rings is 1. The molecule has 1 aromatic carbocycles. The van der Waals surface area contributed by atoms with Gasteiger partial charge in [0.25, 0.3) is 0 Å². The molecule has 0 amide bonds. The summed E-state index contributed by atoms with van der Waals surface area (Å²) >= 11 is 0. The number of aryl methyl sites for hydroxylation is 2. The lowest BCUT2D eigenvalue weighted by molar-refractivity contribution is -0.111. The van der Waals surface area contributed by atoms with Gasteiger partial charge in [-0.25, -0.2) is 0 Å². The van der Waals surface area contributed by atoms with Gasteiger partial charge in [-0.05, 0) is 49.8 Å². The predicted molar refractivity (Wildman–Crippen MR) is 75.7 cm³/mol. The SMILES string of the molecule is COc1cc(C)c(C)cc1C1(C2CC(N)C2)COC1. The second kappa shape index (κ2) is 4.50. The second-order valence-electron chi connectivity index (χ2n) is 6.21. The molecule has 0 radical (unpaired) electrons. The molecule has 1 saturated carbocycles. The predicted octanol–water partition coefficient (Wildman–Crippen LogP) is 2.32. The summed E-state index contributed by atoms with van der Waals surface area (Å²) in [6.07, 6.45) is 2.22. The van der Waals surface area contributed by atoms with Crippen molar-refractivity contribution in [1.29, 1.82) is 0 Å². The van der Waals surface area contributed by atoms with E-state index < -0.39 is 0 Å². The summed E-state index contributed by atoms with van der Waals surface area (Å²) in [7, 11) is 1.76. The first-order valence-corrected chi connectivity index (χ1v) is 7.06. The first kappa shape index (κ1) is 12.9. The van der Waals surface area contributed by atoms with E-state index in [9.17, 15) is 0 Å². The molecule has 0 atom stereocenters. The second-order valence-corrected chi connectivity index (χ2v) is 6.21. The lowest BCUT2D eigenvalue weighted by Crippen LogP contribution is -2.58. The fraction of sp³-hybridized carbons (Fsp3) is 0.625. The maximum Gasteiger partial charge on any atom is 0.123 e. The van der Waals surface area contributed by atoms with Gasteiger partial charge in [-0.1, -0.05) is 6.07 Å². The van der Waals surface area contributed by atoms with Crippen LogP contribution in [0.1, 0.15) is 29.5 Å². The molecule has 1 heterocycles. The van der Waals surface area contributed by atoms with Crippen molar-refractivity contribution in [2.75, 3.05) is 20.3 Å². The molecule has 3 rings (SSSR count). The first-order valence-electron chi connectivity index (χ1n) is 7.06. The van der Waals surface area contributed by atoms with Crippen LogP contribution in [0.3, 0.4) is 0 Å². The van der Waals surface area contributed by atoms with Gasteiger partial charge in [0.2, 0.25) is 0 Å². The zero-order valence-corrected chi connectivity index (χ0v) is 12.0. The van der Waals surface area contributed by atoms with Gasteiger partial charge in [-0.3, -0.25) is 0 Å². The number of methoxy groups -OCH3 is 1. The van der Waals surface area contributed by atoms with Crippen molar-refractivity contribution in [2.24, 2.45) is 11.7 Å². The highest BCUT2D eigenvalue weighted by molar-refractivity contribution is 5.48. The van der Waals surface area contributed by atoms with Crippen LogP contribution in [0, 0.1) is 19.8 Å². The van der Waals surface area contributed by atoms with Crippen LogP contribution in [-0.4, -0.2) is 26.4 Å². The highest BCUT2D eigenvalue weighted by atomic mass is 16.5. The molecule has 0 bridgehead atoms.